The number of hydrogen-bond donors (Lipinski definition) is 0. The number of amides is 1. The van der Waals surface area contributed by atoms with Crippen LogP contribution < -0.4 is 0 Å². The zero-order valence-electron chi connectivity index (χ0n) is 11.7. The topological polar surface area (TPSA) is 45.0 Å². The minimum atomic E-state index is -4.38. The van der Waals surface area contributed by atoms with E-state index < -0.39 is 11.8 Å². The molecule has 1 saturated heterocycles. The van der Waals surface area contributed by atoms with E-state index in [0.717, 1.165) is 24.8 Å². The summed E-state index contributed by atoms with van der Waals surface area (Å²) in [4.78, 5) is 14.0. The van der Waals surface area contributed by atoms with Crippen molar-refractivity contribution < 1.29 is 18.0 Å². The van der Waals surface area contributed by atoms with E-state index in [1.54, 1.807) is 4.90 Å². The smallest absolute Gasteiger partial charge is 0.339 e. The number of carbonyl (C=O) groups is 1. The summed E-state index contributed by atoms with van der Waals surface area (Å²) in [5, 5.41) is 6.45. The van der Waals surface area contributed by atoms with Crippen LogP contribution in [0.1, 0.15) is 38.5 Å². The molecule has 2 aliphatic heterocycles. The molecule has 1 amide bonds. The van der Waals surface area contributed by atoms with Crippen LogP contribution in [0.3, 0.4) is 0 Å². The van der Waals surface area contributed by atoms with Crippen molar-refractivity contribution in [1.29, 1.82) is 0 Å². The fourth-order valence-corrected chi connectivity index (χ4v) is 3.18. The first kappa shape index (κ1) is 14.5. The summed E-state index contributed by atoms with van der Waals surface area (Å²) in [5.41, 5.74) is -1.27. The SMILES string of the molecule is O=C(C1=CCCC1)N1CCC(CC2(C(F)(F)F)N=N2)CC1. The van der Waals surface area contributed by atoms with E-state index in [1.165, 1.54) is 0 Å². The summed E-state index contributed by atoms with van der Waals surface area (Å²) < 4.78 is 38.4. The first-order valence-electron chi connectivity index (χ1n) is 7.40. The largest absolute Gasteiger partial charge is 0.437 e. The van der Waals surface area contributed by atoms with Crippen molar-refractivity contribution >= 4 is 5.91 Å². The van der Waals surface area contributed by atoms with Gasteiger partial charge in [-0.1, -0.05) is 6.08 Å². The molecule has 3 aliphatic rings. The molecule has 0 N–H and O–H groups in total. The Morgan fingerprint density at radius 3 is 2.48 bits per heavy atom. The van der Waals surface area contributed by atoms with Gasteiger partial charge in [-0.05, 0) is 38.0 Å². The normalized spacial score (nSPS) is 25.1. The Balaban J connectivity index is 1.51. The number of piperidine rings is 1. The molecule has 2 heterocycles. The second-order valence-electron chi connectivity index (χ2n) is 6.08. The van der Waals surface area contributed by atoms with E-state index in [1.807, 2.05) is 6.08 Å². The van der Waals surface area contributed by atoms with Crippen LogP contribution in [0.5, 0.6) is 0 Å². The third-order valence-electron chi connectivity index (χ3n) is 4.59. The lowest BCUT2D eigenvalue weighted by atomic mass is 9.88. The van der Waals surface area contributed by atoms with Crippen LogP contribution >= 0.6 is 0 Å². The highest BCUT2D eigenvalue weighted by Gasteiger charge is 2.64. The maximum Gasteiger partial charge on any atom is 0.437 e. The molecule has 116 valence electrons. The number of allylic oxidation sites excluding steroid dienone is 1. The summed E-state index contributed by atoms with van der Waals surface area (Å²) in [7, 11) is 0. The number of alkyl halides is 3. The number of likely N-dealkylation sites (tertiary alicyclic amines) is 1. The molecule has 7 heteroatoms. The molecule has 0 aromatic heterocycles. The first-order chi connectivity index (χ1) is 9.91. The Labute approximate surface area is 121 Å². The number of halogens is 3. The summed E-state index contributed by atoms with van der Waals surface area (Å²) in [6.45, 7) is 1.07. The van der Waals surface area contributed by atoms with Crippen LogP contribution in [-0.4, -0.2) is 35.7 Å². The molecular weight excluding hydrogens is 283 g/mol. The summed E-state index contributed by atoms with van der Waals surface area (Å²) in [6, 6.07) is 0. The third-order valence-corrected chi connectivity index (χ3v) is 4.59. The van der Waals surface area contributed by atoms with Gasteiger partial charge in [0.05, 0.1) is 0 Å². The van der Waals surface area contributed by atoms with Crippen LogP contribution in [0, 0.1) is 5.92 Å². The molecule has 21 heavy (non-hydrogen) atoms. The van der Waals surface area contributed by atoms with Gasteiger partial charge in [0.15, 0.2) is 0 Å². The Morgan fingerprint density at radius 1 is 1.33 bits per heavy atom. The van der Waals surface area contributed by atoms with Gasteiger partial charge in [-0.15, -0.1) is 10.2 Å². The molecule has 1 aliphatic carbocycles. The van der Waals surface area contributed by atoms with E-state index in [0.29, 0.717) is 25.9 Å². The standard InChI is InChI=1S/C14H18F3N3O/c15-14(16,17)13(18-19-13)9-10-5-7-20(8-6-10)12(21)11-3-1-2-4-11/h3,10H,1-2,4-9H2. The third kappa shape index (κ3) is 2.82. The molecular formula is C14H18F3N3O. The lowest BCUT2D eigenvalue weighted by molar-refractivity contribution is -0.168. The molecule has 0 aromatic carbocycles. The summed E-state index contributed by atoms with van der Waals surface area (Å²) in [5.74, 6) is 0.000476. The second-order valence-corrected chi connectivity index (χ2v) is 6.08. The molecule has 0 spiro atoms. The van der Waals surface area contributed by atoms with Gasteiger partial charge in [0.1, 0.15) is 0 Å². The van der Waals surface area contributed by atoms with Crippen LogP contribution in [-0.2, 0) is 4.79 Å². The van der Waals surface area contributed by atoms with Gasteiger partial charge in [0.25, 0.3) is 5.66 Å². The second kappa shape index (κ2) is 5.10. The van der Waals surface area contributed by atoms with Gasteiger partial charge < -0.3 is 4.90 Å². The molecule has 0 aromatic rings. The Morgan fingerprint density at radius 2 is 2.00 bits per heavy atom. The highest BCUT2D eigenvalue weighted by Crippen LogP contribution is 2.49. The van der Waals surface area contributed by atoms with Gasteiger partial charge in [-0.2, -0.15) is 13.2 Å². The van der Waals surface area contributed by atoms with E-state index in [-0.39, 0.29) is 18.2 Å². The molecule has 0 unspecified atom stereocenters. The van der Waals surface area contributed by atoms with E-state index >= 15 is 0 Å². The van der Waals surface area contributed by atoms with Gasteiger partial charge >= 0.3 is 6.18 Å². The monoisotopic (exact) mass is 301 g/mol. The zero-order valence-corrected chi connectivity index (χ0v) is 11.7. The molecule has 0 atom stereocenters. The van der Waals surface area contributed by atoms with Crippen LogP contribution in [0.25, 0.3) is 0 Å². The predicted octanol–water partition coefficient (Wildman–Crippen LogP) is 3.45. The van der Waals surface area contributed by atoms with Crippen molar-refractivity contribution in [1.82, 2.24) is 4.90 Å². The van der Waals surface area contributed by atoms with Crippen molar-refractivity contribution in [3.05, 3.63) is 11.6 Å². The van der Waals surface area contributed by atoms with Gasteiger partial charge in [0, 0.05) is 25.1 Å². The fraction of sp³-hybridized carbons (Fsp3) is 0.786. The zero-order chi connectivity index (χ0) is 15.1. The number of hydrogen-bond acceptors (Lipinski definition) is 3. The quantitative estimate of drug-likeness (QED) is 0.787. The van der Waals surface area contributed by atoms with Crippen molar-refractivity contribution in [3.8, 4) is 0 Å². The molecule has 4 nitrogen and oxygen atoms in total. The number of rotatable bonds is 3. The number of carbonyl (C=O) groups excluding carboxylic acids is 1. The highest BCUT2D eigenvalue weighted by molar-refractivity contribution is 5.93. The average molecular weight is 301 g/mol. The van der Waals surface area contributed by atoms with Crippen molar-refractivity contribution in [2.75, 3.05) is 13.1 Å². The van der Waals surface area contributed by atoms with Gasteiger partial charge in [0.2, 0.25) is 5.91 Å². The Hall–Kier alpha value is -1.40. The molecule has 1 fully saturated rings. The molecule has 3 rings (SSSR count). The van der Waals surface area contributed by atoms with E-state index in [9.17, 15) is 18.0 Å². The van der Waals surface area contributed by atoms with E-state index in [4.69, 9.17) is 0 Å². The van der Waals surface area contributed by atoms with Gasteiger partial charge in [-0.3, -0.25) is 4.79 Å². The highest BCUT2D eigenvalue weighted by atomic mass is 19.4. The minimum absolute atomic E-state index is 0.0665. The lowest BCUT2D eigenvalue weighted by Crippen LogP contribution is -2.42. The number of nitrogens with zero attached hydrogens (tertiary/aromatic N) is 3. The molecule has 0 saturated carbocycles. The van der Waals surface area contributed by atoms with E-state index in [2.05, 4.69) is 10.2 Å². The minimum Gasteiger partial charge on any atom is -0.339 e. The first-order valence-corrected chi connectivity index (χ1v) is 7.40. The van der Waals surface area contributed by atoms with Crippen LogP contribution in [0.4, 0.5) is 13.2 Å². The Kier molecular flexibility index (Phi) is 3.53. The summed E-state index contributed by atoms with van der Waals surface area (Å²) in [6.07, 6.45) is 1.53. The van der Waals surface area contributed by atoms with Crippen LogP contribution in [0.15, 0.2) is 21.9 Å². The van der Waals surface area contributed by atoms with Crippen molar-refractivity contribution in [2.45, 2.75) is 50.4 Å². The van der Waals surface area contributed by atoms with Crippen molar-refractivity contribution in [2.24, 2.45) is 16.1 Å². The molecule has 0 bridgehead atoms. The maximum atomic E-state index is 12.8. The maximum absolute atomic E-state index is 12.8. The average Bonchev–Trinajstić information content (AvgIpc) is 3.03. The summed E-state index contributed by atoms with van der Waals surface area (Å²) >= 11 is 0. The van der Waals surface area contributed by atoms with Gasteiger partial charge in [-0.25, -0.2) is 0 Å². The van der Waals surface area contributed by atoms with Crippen LogP contribution in [0.2, 0.25) is 0 Å². The molecule has 0 radical (unpaired) electrons. The van der Waals surface area contributed by atoms with Crippen molar-refractivity contribution in [3.63, 3.8) is 0 Å². The Bertz CT molecular complexity index is 484. The predicted molar refractivity (Wildman–Crippen MR) is 69.5 cm³/mol. The lowest BCUT2D eigenvalue weighted by Gasteiger charge is -2.33. The fourth-order valence-electron chi connectivity index (χ4n) is 3.18.